The van der Waals surface area contributed by atoms with Crippen molar-refractivity contribution in [1.29, 1.82) is 0 Å². The Bertz CT molecular complexity index is 934. The van der Waals surface area contributed by atoms with Gasteiger partial charge in [0.15, 0.2) is 0 Å². The minimum Gasteiger partial charge on any atom is -0.317 e. The normalized spacial score (nSPS) is 20.3. The van der Waals surface area contributed by atoms with Crippen LogP contribution in [-0.2, 0) is 0 Å². The van der Waals surface area contributed by atoms with E-state index in [1.165, 1.54) is 60.1 Å². The zero-order valence-corrected chi connectivity index (χ0v) is 23.6. The number of allylic oxidation sites excluding steroid dienone is 11. The predicted molar refractivity (Wildman–Crippen MR) is 157 cm³/mol. The lowest BCUT2D eigenvalue weighted by molar-refractivity contribution is 0.425. The molecule has 0 aromatic carbocycles. The third kappa shape index (κ3) is 8.76. The van der Waals surface area contributed by atoms with E-state index in [4.69, 9.17) is 4.99 Å². The molecule has 0 aromatic rings. The molecule has 1 unspecified atom stereocenters. The average molecular weight is 475 g/mol. The first kappa shape index (κ1) is 29.0. The van der Waals surface area contributed by atoms with E-state index < -0.39 is 0 Å². The molecule has 0 amide bonds. The molecule has 2 fully saturated rings. The van der Waals surface area contributed by atoms with Crippen LogP contribution in [0.1, 0.15) is 93.4 Å². The molecule has 192 valence electrons. The summed E-state index contributed by atoms with van der Waals surface area (Å²) in [5.41, 5.74) is 10.2. The minimum absolute atomic E-state index is 0.395. The molecular weight excluding hydrogens is 424 g/mol. The Kier molecular flexibility index (Phi) is 12.5. The summed E-state index contributed by atoms with van der Waals surface area (Å²) in [7, 11) is 0. The Balaban J connectivity index is 2.55. The lowest BCUT2D eigenvalue weighted by Gasteiger charge is -2.24. The van der Waals surface area contributed by atoms with Crippen molar-refractivity contribution >= 4 is 5.71 Å². The van der Waals surface area contributed by atoms with Crippen LogP contribution in [0.5, 0.6) is 0 Å². The first-order valence-corrected chi connectivity index (χ1v) is 13.9. The number of piperidine rings is 1. The van der Waals surface area contributed by atoms with Crippen LogP contribution in [-0.4, -0.2) is 18.8 Å². The molecule has 1 atom stereocenters. The standard InChI is InChI=1S/C33H50N2/c1-9-25(7)32(17-16-27(10-2)31-18-20-34-21-19-31)35-33(22-26(8)30-14-13-15-30)29(12-4)23-28(11-3)24(5)6/h10,12,16-17,22-23,25,31,34H,5,9,11,13-15,18-21H2,1-4,6-8H3/b17-16-,27-10+,28-23-,29-12+,33-22-,35-32+. The largest absolute Gasteiger partial charge is 0.317 e. The maximum atomic E-state index is 5.37. The molecule has 0 radical (unpaired) electrons. The molecule has 2 aliphatic rings. The number of nitrogens with one attached hydrogen (secondary N) is 1. The van der Waals surface area contributed by atoms with Gasteiger partial charge in [-0.2, -0.15) is 0 Å². The summed E-state index contributed by atoms with van der Waals surface area (Å²) in [6.07, 6.45) is 22.0. The molecule has 1 saturated heterocycles. The van der Waals surface area contributed by atoms with Crippen molar-refractivity contribution in [2.45, 2.75) is 93.4 Å². The molecule has 0 spiro atoms. The van der Waals surface area contributed by atoms with Crippen molar-refractivity contribution in [2.75, 3.05) is 13.1 Å². The molecule has 2 nitrogen and oxygen atoms in total. The van der Waals surface area contributed by atoms with Gasteiger partial charge in [0.2, 0.25) is 0 Å². The highest BCUT2D eigenvalue weighted by atomic mass is 14.9. The molecule has 35 heavy (non-hydrogen) atoms. The van der Waals surface area contributed by atoms with Gasteiger partial charge in [0.05, 0.1) is 5.70 Å². The molecule has 0 bridgehead atoms. The monoisotopic (exact) mass is 474 g/mol. The highest BCUT2D eigenvalue weighted by Gasteiger charge is 2.17. The van der Waals surface area contributed by atoms with Crippen LogP contribution in [0, 0.1) is 11.8 Å². The lowest BCUT2D eigenvalue weighted by Crippen LogP contribution is -2.28. The number of aliphatic imine (C=N–C) groups is 1. The van der Waals surface area contributed by atoms with Gasteiger partial charge in [-0.15, -0.1) is 0 Å². The second-order valence-corrected chi connectivity index (χ2v) is 10.2. The van der Waals surface area contributed by atoms with Crippen LogP contribution in [0.2, 0.25) is 0 Å². The lowest BCUT2D eigenvalue weighted by atomic mass is 9.87. The van der Waals surface area contributed by atoms with E-state index in [9.17, 15) is 0 Å². The number of hydrogen-bond acceptors (Lipinski definition) is 2. The maximum absolute atomic E-state index is 5.37. The number of nitrogens with zero attached hydrogens (tertiary/aromatic N) is 1. The smallest absolute Gasteiger partial charge is 0.0704 e. The Morgan fingerprint density at radius 1 is 1.06 bits per heavy atom. The second kappa shape index (κ2) is 15.0. The van der Waals surface area contributed by atoms with Gasteiger partial charge in [-0.05, 0) is 138 Å². The first-order valence-electron chi connectivity index (χ1n) is 13.9. The van der Waals surface area contributed by atoms with Crippen LogP contribution >= 0.6 is 0 Å². The predicted octanol–water partition coefficient (Wildman–Crippen LogP) is 9.22. The summed E-state index contributed by atoms with van der Waals surface area (Å²) in [6, 6.07) is 0. The third-order valence-corrected chi connectivity index (χ3v) is 7.69. The summed E-state index contributed by atoms with van der Waals surface area (Å²) < 4.78 is 0. The molecule has 1 saturated carbocycles. The van der Waals surface area contributed by atoms with Crippen molar-refractivity contribution in [2.24, 2.45) is 16.8 Å². The van der Waals surface area contributed by atoms with Gasteiger partial charge in [0, 0.05) is 5.71 Å². The van der Waals surface area contributed by atoms with E-state index in [1.54, 1.807) is 5.57 Å². The molecule has 2 rings (SSSR count). The highest BCUT2D eigenvalue weighted by molar-refractivity contribution is 5.98. The zero-order chi connectivity index (χ0) is 25.8. The van der Waals surface area contributed by atoms with Gasteiger partial charge < -0.3 is 5.32 Å². The van der Waals surface area contributed by atoms with Crippen molar-refractivity contribution in [1.82, 2.24) is 5.32 Å². The first-order chi connectivity index (χ1) is 16.8. The average Bonchev–Trinajstić information content (AvgIpc) is 2.82. The van der Waals surface area contributed by atoms with E-state index >= 15 is 0 Å². The summed E-state index contributed by atoms with van der Waals surface area (Å²) in [5, 5.41) is 3.49. The molecule has 1 N–H and O–H groups in total. The van der Waals surface area contributed by atoms with Crippen LogP contribution in [0.15, 0.2) is 87.2 Å². The van der Waals surface area contributed by atoms with Gasteiger partial charge in [-0.1, -0.05) is 56.7 Å². The molecule has 1 aliphatic carbocycles. The van der Waals surface area contributed by atoms with Crippen molar-refractivity contribution in [3.8, 4) is 0 Å². The third-order valence-electron chi connectivity index (χ3n) is 7.69. The molecular formula is C33H50N2. The summed E-state index contributed by atoms with van der Waals surface area (Å²) in [6.45, 7) is 21.9. The maximum Gasteiger partial charge on any atom is 0.0704 e. The number of hydrogen-bond donors (Lipinski definition) is 1. The van der Waals surface area contributed by atoms with Gasteiger partial charge in [-0.3, -0.25) is 4.99 Å². The Morgan fingerprint density at radius 3 is 2.23 bits per heavy atom. The van der Waals surface area contributed by atoms with Gasteiger partial charge in [-0.25, -0.2) is 0 Å². The molecule has 1 aliphatic heterocycles. The van der Waals surface area contributed by atoms with Crippen LogP contribution in [0.25, 0.3) is 0 Å². The van der Waals surface area contributed by atoms with Crippen LogP contribution in [0.4, 0.5) is 0 Å². The van der Waals surface area contributed by atoms with Crippen molar-refractivity contribution in [3.63, 3.8) is 0 Å². The molecule has 1 heterocycles. The topological polar surface area (TPSA) is 24.4 Å². The Morgan fingerprint density at radius 2 is 1.74 bits per heavy atom. The molecule has 0 aromatic heterocycles. The summed E-state index contributed by atoms with van der Waals surface area (Å²) in [5.74, 6) is 1.04. The van der Waals surface area contributed by atoms with E-state index in [2.05, 4.69) is 96.8 Å². The highest BCUT2D eigenvalue weighted by Crippen LogP contribution is 2.31. The SMILES string of the molecule is C=C(C)\C(=C/C(=C\C)C(=C/C(C)=C1CCC1)/N=C(\C=C/C(=C\C)C1CCNCC1)C(C)CC)CC. The fraction of sp³-hybridized carbons (Fsp3) is 0.545. The fourth-order valence-corrected chi connectivity index (χ4v) is 4.72. The van der Waals surface area contributed by atoms with Crippen molar-refractivity contribution < 1.29 is 0 Å². The van der Waals surface area contributed by atoms with Gasteiger partial charge in [0.25, 0.3) is 0 Å². The Hall–Kier alpha value is -2.19. The van der Waals surface area contributed by atoms with Crippen LogP contribution in [0.3, 0.4) is 0 Å². The van der Waals surface area contributed by atoms with Crippen LogP contribution < -0.4 is 5.32 Å². The van der Waals surface area contributed by atoms with Gasteiger partial charge in [0.1, 0.15) is 0 Å². The second-order valence-electron chi connectivity index (χ2n) is 10.2. The fourth-order valence-electron chi connectivity index (χ4n) is 4.72. The number of rotatable bonds is 11. The van der Waals surface area contributed by atoms with E-state index in [-0.39, 0.29) is 0 Å². The molecule has 2 heteroatoms. The van der Waals surface area contributed by atoms with E-state index in [0.717, 1.165) is 37.2 Å². The summed E-state index contributed by atoms with van der Waals surface area (Å²) in [4.78, 5) is 5.37. The van der Waals surface area contributed by atoms with E-state index in [0.29, 0.717) is 11.8 Å². The van der Waals surface area contributed by atoms with E-state index in [1.807, 2.05) is 0 Å². The van der Waals surface area contributed by atoms with Gasteiger partial charge >= 0.3 is 0 Å². The quantitative estimate of drug-likeness (QED) is 0.234. The minimum atomic E-state index is 0.395. The zero-order valence-electron chi connectivity index (χ0n) is 23.6. The van der Waals surface area contributed by atoms with Crippen molar-refractivity contribution in [3.05, 3.63) is 82.2 Å². The Labute approximate surface area is 216 Å². The summed E-state index contributed by atoms with van der Waals surface area (Å²) >= 11 is 0.